The number of anilines is 1. The van der Waals surface area contributed by atoms with E-state index in [4.69, 9.17) is 0 Å². The lowest BCUT2D eigenvalue weighted by atomic mass is 10.3. The van der Waals surface area contributed by atoms with E-state index in [-0.39, 0.29) is 0 Å². The Bertz CT molecular complexity index is 651. The van der Waals surface area contributed by atoms with Crippen LogP contribution in [0.4, 0.5) is 17.1 Å². The van der Waals surface area contributed by atoms with Crippen LogP contribution in [0.5, 0.6) is 0 Å². The Hall–Kier alpha value is -3.02. The Morgan fingerprint density at radius 2 is 1.38 bits per heavy atom. The maximum Gasteiger partial charge on any atom is 0.313 e. The molecule has 2 amide bonds. The van der Waals surface area contributed by atoms with Gasteiger partial charge in [0.05, 0.1) is 11.4 Å². The fraction of sp³-hybridized carbons (Fsp3) is 0.0667. The Labute approximate surface area is 121 Å². The third kappa shape index (κ3) is 4.24. The smallest absolute Gasteiger partial charge is 0.313 e. The van der Waals surface area contributed by atoms with Crippen LogP contribution in [0, 0.1) is 0 Å². The summed E-state index contributed by atoms with van der Waals surface area (Å²) in [6.07, 6.45) is 0. The molecule has 0 bridgehead atoms. The van der Waals surface area contributed by atoms with Gasteiger partial charge in [0.2, 0.25) is 0 Å². The number of amides is 2. The Morgan fingerprint density at radius 1 is 0.810 bits per heavy atom. The molecule has 2 rings (SSSR count). The Balaban J connectivity index is 2.01. The number of benzene rings is 2. The first-order chi connectivity index (χ1) is 10.2. The van der Waals surface area contributed by atoms with Crippen LogP contribution < -0.4 is 10.6 Å². The van der Waals surface area contributed by atoms with E-state index in [0.29, 0.717) is 11.4 Å². The molecule has 2 aromatic rings. The van der Waals surface area contributed by atoms with Crippen molar-refractivity contribution in [3.8, 4) is 0 Å². The van der Waals surface area contributed by atoms with Crippen LogP contribution in [-0.4, -0.2) is 18.9 Å². The molecule has 0 heterocycles. The molecule has 21 heavy (non-hydrogen) atoms. The summed E-state index contributed by atoms with van der Waals surface area (Å²) in [5.74, 6) is -1.40. The van der Waals surface area contributed by atoms with Gasteiger partial charge >= 0.3 is 11.8 Å². The SMILES string of the molecule is CNC(=O)C(=O)Nc1ccc(N=Nc2ccccc2)cc1. The van der Waals surface area contributed by atoms with Crippen molar-refractivity contribution in [2.75, 3.05) is 12.4 Å². The van der Waals surface area contributed by atoms with E-state index in [1.54, 1.807) is 24.3 Å². The third-order valence-electron chi connectivity index (χ3n) is 2.60. The molecule has 6 nitrogen and oxygen atoms in total. The number of nitrogens with zero attached hydrogens (tertiary/aromatic N) is 2. The number of carbonyl (C=O) groups excluding carboxylic acids is 2. The molecule has 0 atom stereocenters. The lowest BCUT2D eigenvalue weighted by molar-refractivity contribution is -0.135. The number of azo groups is 1. The first-order valence-electron chi connectivity index (χ1n) is 6.29. The normalized spacial score (nSPS) is 10.3. The summed E-state index contributed by atoms with van der Waals surface area (Å²) in [5, 5.41) is 12.9. The van der Waals surface area contributed by atoms with Gasteiger partial charge in [-0.25, -0.2) is 0 Å². The quantitative estimate of drug-likeness (QED) is 0.670. The van der Waals surface area contributed by atoms with Gasteiger partial charge in [0.1, 0.15) is 0 Å². The van der Waals surface area contributed by atoms with Gasteiger partial charge in [0.25, 0.3) is 0 Å². The van der Waals surface area contributed by atoms with E-state index in [1.165, 1.54) is 7.05 Å². The lowest BCUT2D eigenvalue weighted by Gasteiger charge is -2.03. The van der Waals surface area contributed by atoms with Crippen LogP contribution >= 0.6 is 0 Å². The zero-order valence-corrected chi connectivity index (χ0v) is 11.4. The molecule has 0 aliphatic carbocycles. The van der Waals surface area contributed by atoms with Crippen LogP contribution in [0.15, 0.2) is 64.8 Å². The number of rotatable bonds is 3. The highest BCUT2D eigenvalue weighted by Gasteiger charge is 2.10. The van der Waals surface area contributed by atoms with E-state index in [0.717, 1.165) is 5.69 Å². The van der Waals surface area contributed by atoms with E-state index < -0.39 is 11.8 Å². The van der Waals surface area contributed by atoms with E-state index in [2.05, 4.69) is 20.9 Å². The van der Waals surface area contributed by atoms with E-state index in [1.807, 2.05) is 30.3 Å². The Kier molecular flexibility index (Phi) is 4.76. The van der Waals surface area contributed by atoms with E-state index in [9.17, 15) is 9.59 Å². The fourth-order valence-corrected chi connectivity index (χ4v) is 1.52. The summed E-state index contributed by atoms with van der Waals surface area (Å²) >= 11 is 0. The van der Waals surface area contributed by atoms with Gasteiger partial charge in [-0.15, -0.1) is 0 Å². The van der Waals surface area contributed by atoms with Crippen LogP contribution in [0.1, 0.15) is 0 Å². The maximum absolute atomic E-state index is 11.4. The summed E-state index contributed by atoms with van der Waals surface area (Å²) < 4.78 is 0. The molecule has 0 aliphatic rings. The molecule has 106 valence electrons. The maximum atomic E-state index is 11.4. The molecule has 2 aromatic carbocycles. The fourth-order valence-electron chi connectivity index (χ4n) is 1.52. The number of likely N-dealkylation sites (N-methyl/N-ethyl adjacent to an activating group) is 1. The zero-order valence-electron chi connectivity index (χ0n) is 11.4. The molecule has 0 fully saturated rings. The second-order valence-electron chi connectivity index (χ2n) is 4.12. The summed E-state index contributed by atoms with van der Waals surface area (Å²) in [7, 11) is 1.40. The molecule has 0 radical (unpaired) electrons. The van der Waals surface area contributed by atoms with Crippen molar-refractivity contribution in [1.82, 2.24) is 5.32 Å². The molecular formula is C15H14N4O2. The topological polar surface area (TPSA) is 82.9 Å². The molecule has 0 spiro atoms. The van der Waals surface area contributed by atoms with Gasteiger partial charge in [0, 0.05) is 12.7 Å². The van der Waals surface area contributed by atoms with Gasteiger partial charge < -0.3 is 10.6 Å². The molecule has 6 heteroatoms. The zero-order chi connectivity index (χ0) is 15.1. The first kappa shape index (κ1) is 14.4. The molecule has 0 aliphatic heterocycles. The van der Waals surface area contributed by atoms with Crippen LogP contribution in [0.25, 0.3) is 0 Å². The van der Waals surface area contributed by atoms with Crippen molar-refractivity contribution in [3.05, 3.63) is 54.6 Å². The highest BCUT2D eigenvalue weighted by atomic mass is 16.2. The summed E-state index contributed by atoms with van der Waals surface area (Å²) in [4.78, 5) is 22.5. The number of hydrogen-bond donors (Lipinski definition) is 2. The van der Waals surface area contributed by atoms with Gasteiger partial charge in [-0.2, -0.15) is 10.2 Å². The summed E-state index contributed by atoms with van der Waals surface area (Å²) in [5.41, 5.74) is 1.92. The first-order valence-corrected chi connectivity index (χ1v) is 6.29. The average Bonchev–Trinajstić information content (AvgIpc) is 2.54. The minimum Gasteiger partial charge on any atom is -0.351 e. The molecule has 0 saturated heterocycles. The predicted octanol–water partition coefficient (Wildman–Crippen LogP) is 2.79. The van der Waals surface area contributed by atoms with Gasteiger partial charge in [0.15, 0.2) is 0 Å². The number of carbonyl (C=O) groups is 2. The second kappa shape index (κ2) is 6.95. The van der Waals surface area contributed by atoms with Crippen molar-refractivity contribution in [3.63, 3.8) is 0 Å². The minimum atomic E-state index is -0.712. The van der Waals surface area contributed by atoms with Crippen molar-refractivity contribution in [2.24, 2.45) is 10.2 Å². The van der Waals surface area contributed by atoms with Crippen LogP contribution in [0.3, 0.4) is 0 Å². The van der Waals surface area contributed by atoms with Gasteiger partial charge in [-0.05, 0) is 36.4 Å². The highest BCUT2D eigenvalue weighted by Crippen LogP contribution is 2.19. The second-order valence-corrected chi connectivity index (χ2v) is 4.12. The summed E-state index contributed by atoms with van der Waals surface area (Å²) in [6, 6.07) is 16.1. The van der Waals surface area contributed by atoms with E-state index >= 15 is 0 Å². The lowest BCUT2D eigenvalue weighted by Crippen LogP contribution is -2.32. The standard InChI is InChI=1S/C15H14N4O2/c1-16-14(20)15(21)17-11-7-9-13(10-8-11)19-18-12-5-3-2-4-6-12/h2-10H,1H3,(H,16,20)(H,17,21). The highest BCUT2D eigenvalue weighted by molar-refractivity contribution is 6.39. The minimum absolute atomic E-state index is 0.516. The molecule has 0 aromatic heterocycles. The van der Waals surface area contributed by atoms with Crippen molar-refractivity contribution < 1.29 is 9.59 Å². The monoisotopic (exact) mass is 282 g/mol. The molecule has 2 N–H and O–H groups in total. The van der Waals surface area contributed by atoms with Crippen LogP contribution in [0.2, 0.25) is 0 Å². The molecular weight excluding hydrogens is 268 g/mol. The van der Waals surface area contributed by atoms with Crippen LogP contribution in [-0.2, 0) is 9.59 Å². The Morgan fingerprint density at radius 3 is 1.95 bits per heavy atom. The number of nitrogens with one attached hydrogen (secondary N) is 2. The summed E-state index contributed by atoms with van der Waals surface area (Å²) in [6.45, 7) is 0. The number of hydrogen-bond acceptors (Lipinski definition) is 4. The molecule has 0 unspecified atom stereocenters. The third-order valence-corrected chi connectivity index (χ3v) is 2.60. The van der Waals surface area contributed by atoms with Crippen molar-refractivity contribution in [2.45, 2.75) is 0 Å². The largest absolute Gasteiger partial charge is 0.351 e. The average molecular weight is 282 g/mol. The van der Waals surface area contributed by atoms with Crippen molar-refractivity contribution in [1.29, 1.82) is 0 Å². The van der Waals surface area contributed by atoms with Gasteiger partial charge in [-0.1, -0.05) is 18.2 Å². The van der Waals surface area contributed by atoms with Gasteiger partial charge in [-0.3, -0.25) is 9.59 Å². The van der Waals surface area contributed by atoms with Crippen molar-refractivity contribution >= 4 is 28.9 Å². The molecule has 0 saturated carbocycles. The predicted molar refractivity (Wildman–Crippen MR) is 79.8 cm³/mol.